The van der Waals surface area contributed by atoms with Crippen molar-refractivity contribution in [2.24, 2.45) is 0 Å². The van der Waals surface area contributed by atoms with Gasteiger partial charge in [-0.25, -0.2) is 0 Å². The molecule has 0 aliphatic heterocycles. The minimum Gasteiger partial charge on any atom is -0.374 e. The quantitative estimate of drug-likeness (QED) is 0.639. The summed E-state index contributed by atoms with van der Waals surface area (Å²) in [7, 11) is 0. The molecule has 0 radical (unpaired) electrons. The summed E-state index contributed by atoms with van der Waals surface area (Å²) >= 11 is 0. The minimum atomic E-state index is -5.90. The molecule has 0 aliphatic rings. The molecule has 0 aliphatic carbocycles. The molecule has 1 N–H and O–H groups in total. The summed E-state index contributed by atoms with van der Waals surface area (Å²) in [6, 6.07) is 0. The lowest BCUT2D eigenvalue weighted by molar-refractivity contribution is -0.368. The molecule has 0 bridgehead atoms. The van der Waals surface area contributed by atoms with Crippen LogP contribution in [0.3, 0.4) is 0 Å². The molecule has 0 saturated carbocycles. The Hall–Kier alpha value is -0.460. The van der Waals surface area contributed by atoms with E-state index in [1.54, 1.807) is 0 Å². The molecule has 0 spiro atoms. The fraction of sp³-hybridized carbons (Fsp3) is 1.00. The molecule has 0 rings (SSSR count). The van der Waals surface area contributed by atoms with Crippen LogP contribution in [0.2, 0.25) is 0 Å². The summed E-state index contributed by atoms with van der Waals surface area (Å²) in [4.78, 5) is 0. The maximum absolute atomic E-state index is 11.8. The van der Waals surface area contributed by atoms with Crippen molar-refractivity contribution in [3.8, 4) is 0 Å². The van der Waals surface area contributed by atoms with Gasteiger partial charge in [0.2, 0.25) is 0 Å². The molecule has 7 heteroatoms. The molecule has 12 heavy (non-hydrogen) atoms. The Bertz CT molecular complexity index is 168. The van der Waals surface area contributed by atoms with Crippen LogP contribution in [0.4, 0.5) is 26.3 Å². The lowest BCUT2D eigenvalue weighted by Crippen LogP contribution is -2.56. The van der Waals surface area contributed by atoms with Crippen LogP contribution in [-0.2, 0) is 0 Å². The number of rotatable bonds is 1. The summed E-state index contributed by atoms with van der Waals surface area (Å²) in [5.41, 5.74) is -4.96. The molecule has 0 aromatic carbocycles. The van der Waals surface area contributed by atoms with E-state index in [9.17, 15) is 26.3 Å². The number of hydrogen-bond donors (Lipinski definition) is 1. The molecule has 0 aromatic rings. The highest BCUT2D eigenvalue weighted by Crippen LogP contribution is 2.44. The first kappa shape index (κ1) is 9.63. The fourth-order valence-corrected chi connectivity index (χ4v) is 0.488. The van der Waals surface area contributed by atoms with E-state index in [-0.39, 0.29) is 0 Å². The molecule has 0 saturated heterocycles. The zero-order valence-electron chi connectivity index (χ0n) is 6.79. The van der Waals surface area contributed by atoms with Crippen LogP contribution in [-0.4, -0.2) is 23.1 Å². The van der Waals surface area contributed by atoms with Crippen molar-refractivity contribution in [2.75, 3.05) is 0 Å². The van der Waals surface area contributed by atoms with Gasteiger partial charge in [-0.05, 0) is 6.40 Å². The Morgan fingerprint density at radius 1 is 1.08 bits per heavy atom. The third-order valence-corrected chi connectivity index (χ3v) is 1.28. The number of halogens is 6. The maximum Gasteiger partial charge on any atom is 0.426 e. The molecule has 1 unspecified atom stereocenters. The van der Waals surface area contributed by atoms with Gasteiger partial charge in [0.25, 0.3) is 5.60 Å². The Labute approximate surface area is 65.4 Å². The van der Waals surface area contributed by atoms with Crippen molar-refractivity contribution in [3.05, 3.63) is 0 Å². The summed E-state index contributed by atoms with van der Waals surface area (Å²) < 4.78 is 76.9. The van der Waals surface area contributed by atoms with Crippen molar-refractivity contribution in [3.63, 3.8) is 0 Å². The zero-order chi connectivity index (χ0) is 11.1. The van der Waals surface area contributed by atoms with E-state index in [1.807, 2.05) is 0 Å². The van der Waals surface area contributed by atoms with Gasteiger partial charge in [0.15, 0.2) is 0 Å². The summed E-state index contributed by atoms with van der Waals surface area (Å²) in [6.45, 7) is 0.320. The van der Waals surface area contributed by atoms with Crippen LogP contribution in [0.1, 0.15) is 14.7 Å². The average Bonchev–Trinajstić information content (AvgIpc) is 1.80. The Kier molecular flexibility index (Phi) is 2.24. The standard InChI is InChI=1S/C5H6F6O/c1-2-3(12,4(6,7)8)5(9,10)11/h12H,2H2,1H3/i2D. The molecule has 0 fully saturated rings. The summed E-state index contributed by atoms with van der Waals surface area (Å²) in [6.07, 6.45) is -14.5. The zero-order valence-corrected chi connectivity index (χ0v) is 5.79. The summed E-state index contributed by atoms with van der Waals surface area (Å²) in [5, 5.41) is 8.32. The topological polar surface area (TPSA) is 20.2 Å². The molecular formula is C5H6F6O. The highest BCUT2D eigenvalue weighted by atomic mass is 19.4. The Morgan fingerprint density at radius 3 is 1.33 bits per heavy atom. The highest BCUT2D eigenvalue weighted by Gasteiger charge is 2.69. The van der Waals surface area contributed by atoms with E-state index in [4.69, 9.17) is 6.48 Å². The van der Waals surface area contributed by atoms with Crippen LogP contribution in [0.5, 0.6) is 0 Å². The Balaban J connectivity index is 5.22. The lowest BCUT2D eigenvalue weighted by Gasteiger charge is -2.30. The van der Waals surface area contributed by atoms with Crippen molar-refractivity contribution in [2.45, 2.75) is 31.3 Å². The monoisotopic (exact) mass is 197 g/mol. The van der Waals surface area contributed by atoms with Crippen LogP contribution >= 0.6 is 0 Å². The predicted octanol–water partition coefficient (Wildman–Crippen LogP) is 2.25. The normalized spacial score (nSPS) is 18.8. The first-order chi connectivity index (χ1) is 5.44. The van der Waals surface area contributed by atoms with Crippen LogP contribution in [0, 0.1) is 0 Å². The van der Waals surface area contributed by atoms with Gasteiger partial charge in [0.05, 0.1) is 0 Å². The maximum atomic E-state index is 11.8. The fourth-order valence-electron chi connectivity index (χ4n) is 0.488. The molecule has 0 aromatic heterocycles. The molecule has 1 atom stereocenters. The van der Waals surface area contributed by atoms with Crippen molar-refractivity contribution >= 4 is 0 Å². The van der Waals surface area contributed by atoms with E-state index in [1.165, 1.54) is 0 Å². The van der Waals surface area contributed by atoms with Gasteiger partial charge in [-0.3, -0.25) is 0 Å². The highest BCUT2D eigenvalue weighted by molar-refractivity contribution is 4.92. The molecular weight excluding hydrogens is 190 g/mol. The van der Waals surface area contributed by atoms with E-state index >= 15 is 0 Å². The Morgan fingerprint density at radius 2 is 1.33 bits per heavy atom. The number of aliphatic hydroxyl groups is 1. The van der Waals surface area contributed by atoms with Crippen molar-refractivity contribution < 1.29 is 32.8 Å². The minimum absolute atomic E-state index is 0.320. The number of alkyl halides is 6. The van der Waals surface area contributed by atoms with Crippen LogP contribution in [0.25, 0.3) is 0 Å². The number of hydrogen-bond acceptors (Lipinski definition) is 1. The first-order valence-electron chi connectivity index (χ1n) is 3.30. The van der Waals surface area contributed by atoms with Crippen LogP contribution < -0.4 is 0 Å². The molecule has 74 valence electrons. The largest absolute Gasteiger partial charge is 0.426 e. The second-order valence-corrected chi connectivity index (χ2v) is 2.05. The van der Waals surface area contributed by atoms with E-state index < -0.39 is 24.4 Å². The molecule has 0 amide bonds. The van der Waals surface area contributed by atoms with Gasteiger partial charge in [-0.1, -0.05) is 6.92 Å². The van der Waals surface area contributed by atoms with Crippen molar-refractivity contribution in [1.29, 1.82) is 0 Å². The van der Waals surface area contributed by atoms with Gasteiger partial charge in [0, 0.05) is 1.37 Å². The second kappa shape index (κ2) is 2.79. The predicted molar refractivity (Wildman–Crippen MR) is 27.4 cm³/mol. The van der Waals surface area contributed by atoms with E-state index in [2.05, 4.69) is 0 Å². The summed E-state index contributed by atoms with van der Waals surface area (Å²) in [5.74, 6) is 0. The molecule has 0 heterocycles. The van der Waals surface area contributed by atoms with Gasteiger partial charge in [-0.2, -0.15) is 26.3 Å². The average molecular weight is 197 g/mol. The van der Waals surface area contributed by atoms with Gasteiger partial charge >= 0.3 is 12.4 Å². The molecule has 1 nitrogen and oxygen atoms in total. The van der Waals surface area contributed by atoms with Gasteiger partial charge in [0.1, 0.15) is 0 Å². The van der Waals surface area contributed by atoms with Crippen molar-refractivity contribution in [1.82, 2.24) is 0 Å². The van der Waals surface area contributed by atoms with Crippen LogP contribution in [0.15, 0.2) is 0 Å². The van der Waals surface area contributed by atoms with Gasteiger partial charge in [-0.15, -0.1) is 0 Å². The van der Waals surface area contributed by atoms with Gasteiger partial charge < -0.3 is 5.11 Å². The lowest BCUT2D eigenvalue weighted by atomic mass is 10.00. The van der Waals surface area contributed by atoms with E-state index in [0.29, 0.717) is 6.92 Å². The smallest absolute Gasteiger partial charge is 0.374 e. The van der Waals surface area contributed by atoms with E-state index in [0.717, 1.165) is 0 Å². The third kappa shape index (κ3) is 1.65. The first-order valence-corrected chi connectivity index (χ1v) is 2.72. The second-order valence-electron chi connectivity index (χ2n) is 2.05. The SMILES string of the molecule is [2H]C(C)C(O)(C(F)(F)F)C(F)(F)F. The third-order valence-electron chi connectivity index (χ3n) is 1.28.